The molecule has 1 atom stereocenters. The number of carbonyl (C=O) groups excluding carboxylic acids is 1. The first-order valence-corrected chi connectivity index (χ1v) is 7.88. The zero-order valence-electron chi connectivity index (χ0n) is 13.3. The van der Waals surface area contributed by atoms with Crippen molar-refractivity contribution in [2.75, 3.05) is 6.61 Å². The molecule has 6 heteroatoms. The second-order valence-electron chi connectivity index (χ2n) is 5.73. The van der Waals surface area contributed by atoms with Crippen molar-refractivity contribution in [2.24, 2.45) is 0 Å². The number of carbonyl (C=O) groups is 1. The molecule has 3 aromatic rings. The summed E-state index contributed by atoms with van der Waals surface area (Å²) in [6.07, 6.45) is 0. The fourth-order valence-electron chi connectivity index (χ4n) is 3.08. The normalized spacial score (nSPS) is 15.9. The summed E-state index contributed by atoms with van der Waals surface area (Å²) in [5.41, 5.74) is 0.655. The van der Waals surface area contributed by atoms with Gasteiger partial charge in [-0.1, -0.05) is 12.1 Å². The maximum atomic E-state index is 13.5. The third-order valence-electron chi connectivity index (χ3n) is 4.16. The number of hydrogen-bond acceptors (Lipinski definition) is 4. The number of hydrogen-bond donors (Lipinski definition) is 1. The molecule has 1 aliphatic heterocycles. The molecule has 0 spiro atoms. The van der Waals surface area contributed by atoms with Gasteiger partial charge in [-0.2, -0.15) is 0 Å². The van der Waals surface area contributed by atoms with Gasteiger partial charge in [0.2, 0.25) is 5.76 Å². The number of ether oxygens (including phenoxy) is 1. The zero-order valence-corrected chi connectivity index (χ0v) is 13.3. The van der Waals surface area contributed by atoms with Crippen LogP contribution in [0, 0.1) is 5.82 Å². The number of benzene rings is 2. The van der Waals surface area contributed by atoms with E-state index >= 15 is 0 Å². The molecular formula is C19H14FNO4. The van der Waals surface area contributed by atoms with E-state index in [2.05, 4.69) is 5.32 Å². The van der Waals surface area contributed by atoms with E-state index in [0.717, 1.165) is 6.07 Å². The molecule has 0 fully saturated rings. The van der Waals surface area contributed by atoms with E-state index in [4.69, 9.17) is 9.15 Å². The van der Waals surface area contributed by atoms with Gasteiger partial charge in [0.1, 0.15) is 17.1 Å². The van der Waals surface area contributed by atoms with Crippen LogP contribution >= 0.6 is 0 Å². The van der Waals surface area contributed by atoms with Gasteiger partial charge in [0.25, 0.3) is 5.91 Å². The van der Waals surface area contributed by atoms with Crippen molar-refractivity contribution >= 4 is 16.9 Å². The molecule has 1 N–H and O–H groups in total. The fraction of sp³-hybridized carbons (Fsp3) is 0.158. The minimum absolute atomic E-state index is 0.0316. The highest BCUT2D eigenvalue weighted by Crippen LogP contribution is 2.32. The van der Waals surface area contributed by atoms with Crippen LogP contribution in [0.5, 0.6) is 5.75 Å². The zero-order chi connectivity index (χ0) is 17.6. The lowest BCUT2D eigenvalue weighted by Gasteiger charge is -2.13. The average Bonchev–Trinajstić information content (AvgIpc) is 2.93. The first kappa shape index (κ1) is 15.4. The van der Waals surface area contributed by atoms with E-state index in [0.29, 0.717) is 17.9 Å². The van der Waals surface area contributed by atoms with E-state index in [1.165, 1.54) is 12.1 Å². The summed E-state index contributed by atoms with van der Waals surface area (Å²) in [5.74, 6) is -0.396. The van der Waals surface area contributed by atoms with E-state index in [1.54, 1.807) is 24.3 Å². The van der Waals surface area contributed by atoms with Crippen molar-refractivity contribution in [2.45, 2.75) is 13.0 Å². The Morgan fingerprint density at radius 3 is 2.84 bits per heavy atom. The molecule has 0 bridgehead atoms. The van der Waals surface area contributed by atoms with Crippen LogP contribution in [0.2, 0.25) is 0 Å². The quantitative estimate of drug-likeness (QED) is 0.796. The molecule has 0 aliphatic carbocycles. The first-order chi connectivity index (χ1) is 12.1. The molecule has 2 heterocycles. The van der Waals surface area contributed by atoms with E-state index in [9.17, 15) is 14.0 Å². The molecule has 1 unspecified atom stereocenters. The highest BCUT2D eigenvalue weighted by Gasteiger charge is 2.36. The topological polar surface area (TPSA) is 68.5 Å². The maximum Gasteiger partial charge on any atom is 0.288 e. The van der Waals surface area contributed by atoms with Crippen LogP contribution in [0.4, 0.5) is 4.39 Å². The smallest absolute Gasteiger partial charge is 0.288 e. The Hall–Kier alpha value is -3.15. The summed E-state index contributed by atoms with van der Waals surface area (Å²) >= 11 is 0. The van der Waals surface area contributed by atoms with Gasteiger partial charge in [0, 0.05) is 0 Å². The summed E-state index contributed by atoms with van der Waals surface area (Å²) < 4.78 is 24.6. The number of fused-ring (bicyclic) bond motifs is 2. The Kier molecular flexibility index (Phi) is 3.53. The van der Waals surface area contributed by atoms with Crippen LogP contribution in [-0.2, 0) is 0 Å². The molecule has 4 rings (SSSR count). The van der Waals surface area contributed by atoms with Crippen molar-refractivity contribution in [3.63, 3.8) is 0 Å². The highest BCUT2D eigenvalue weighted by molar-refractivity contribution is 5.98. The van der Waals surface area contributed by atoms with Crippen LogP contribution in [0.15, 0.2) is 51.7 Å². The predicted molar refractivity (Wildman–Crippen MR) is 89.4 cm³/mol. The summed E-state index contributed by atoms with van der Waals surface area (Å²) in [7, 11) is 0. The predicted octanol–water partition coefficient (Wildman–Crippen LogP) is 3.16. The lowest BCUT2D eigenvalue weighted by molar-refractivity contribution is 0.0938. The Morgan fingerprint density at radius 2 is 2.04 bits per heavy atom. The van der Waals surface area contributed by atoms with Gasteiger partial charge < -0.3 is 14.5 Å². The molecular weight excluding hydrogens is 325 g/mol. The standard InChI is InChI=1S/C19H14FNO4/c1-2-24-12-5-3-4-10(8-12)16-15-17(22)13-9-11(20)6-7-14(13)25-18(15)19(23)21-16/h3-9,16H,2H2,1H3,(H,21,23). The largest absolute Gasteiger partial charge is 0.494 e. The fourth-order valence-corrected chi connectivity index (χ4v) is 3.08. The Labute approximate surface area is 142 Å². The van der Waals surface area contributed by atoms with Gasteiger partial charge in [0.15, 0.2) is 5.43 Å². The number of nitrogens with one attached hydrogen (secondary N) is 1. The summed E-state index contributed by atoms with van der Waals surface area (Å²) in [6, 6.07) is 10.1. The molecule has 1 aliphatic rings. The van der Waals surface area contributed by atoms with Crippen molar-refractivity contribution < 1.29 is 18.3 Å². The molecule has 0 radical (unpaired) electrons. The van der Waals surface area contributed by atoms with E-state index in [1.807, 2.05) is 6.92 Å². The Bertz CT molecular complexity index is 1060. The third-order valence-corrected chi connectivity index (χ3v) is 4.16. The molecule has 0 saturated carbocycles. The van der Waals surface area contributed by atoms with E-state index in [-0.39, 0.29) is 22.3 Å². The molecule has 1 amide bonds. The molecule has 5 nitrogen and oxygen atoms in total. The molecule has 1 aromatic heterocycles. The van der Waals surface area contributed by atoms with Gasteiger partial charge >= 0.3 is 0 Å². The van der Waals surface area contributed by atoms with Gasteiger partial charge in [-0.3, -0.25) is 9.59 Å². The van der Waals surface area contributed by atoms with Crippen LogP contribution in [0.1, 0.15) is 34.6 Å². The van der Waals surface area contributed by atoms with Gasteiger partial charge in [0.05, 0.1) is 23.6 Å². The number of amides is 1. The maximum absolute atomic E-state index is 13.5. The van der Waals surface area contributed by atoms with Gasteiger partial charge in [-0.25, -0.2) is 4.39 Å². The number of rotatable bonds is 3. The molecule has 2 aromatic carbocycles. The summed E-state index contributed by atoms with van der Waals surface area (Å²) in [6.45, 7) is 2.37. The summed E-state index contributed by atoms with van der Waals surface area (Å²) in [4.78, 5) is 25.1. The van der Waals surface area contributed by atoms with Crippen LogP contribution < -0.4 is 15.5 Å². The van der Waals surface area contributed by atoms with Crippen molar-refractivity contribution in [1.29, 1.82) is 0 Å². The second kappa shape index (κ2) is 5.73. The monoisotopic (exact) mass is 339 g/mol. The first-order valence-electron chi connectivity index (χ1n) is 7.88. The lowest BCUT2D eigenvalue weighted by Crippen LogP contribution is -2.22. The average molecular weight is 339 g/mol. The Balaban J connectivity index is 1.92. The van der Waals surface area contributed by atoms with Crippen molar-refractivity contribution in [1.82, 2.24) is 5.32 Å². The van der Waals surface area contributed by atoms with Crippen LogP contribution in [-0.4, -0.2) is 12.5 Å². The second-order valence-corrected chi connectivity index (χ2v) is 5.73. The molecule has 126 valence electrons. The highest BCUT2D eigenvalue weighted by atomic mass is 19.1. The lowest BCUT2D eigenvalue weighted by atomic mass is 9.99. The van der Waals surface area contributed by atoms with Gasteiger partial charge in [-0.05, 0) is 42.8 Å². The molecule has 0 saturated heterocycles. The minimum atomic E-state index is -0.660. The number of halogens is 1. The van der Waals surface area contributed by atoms with E-state index < -0.39 is 23.2 Å². The molecule has 25 heavy (non-hydrogen) atoms. The summed E-state index contributed by atoms with van der Waals surface area (Å²) in [5, 5.41) is 2.87. The van der Waals surface area contributed by atoms with Crippen molar-refractivity contribution in [3.8, 4) is 5.75 Å². The van der Waals surface area contributed by atoms with Crippen LogP contribution in [0.3, 0.4) is 0 Å². The SMILES string of the molecule is CCOc1cccc(C2NC(=O)c3oc4ccc(F)cc4c(=O)c32)c1. The third kappa shape index (κ3) is 2.46. The van der Waals surface area contributed by atoms with Gasteiger partial charge in [-0.15, -0.1) is 0 Å². The van der Waals surface area contributed by atoms with Crippen molar-refractivity contribution in [3.05, 3.63) is 75.4 Å². The van der Waals surface area contributed by atoms with Crippen LogP contribution in [0.25, 0.3) is 11.0 Å². The minimum Gasteiger partial charge on any atom is -0.494 e. The Morgan fingerprint density at radius 1 is 1.20 bits per heavy atom.